The molecule has 0 atom stereocenters. The van der Waals surface area contributed by atoms with E-state index in [1.54, 1.807) is 4.90 Å². The van der Waals surface area contributed by atoms with Gasteiger partial charge < -0.3 is 4.90 Å². The molecule has 8 nitrogen and oxygen atoms in total. The summed E-state index contributed by atoms with van der Waals surface area (Å²) in [7, 11) is -3.23. The van der Waals surface area contributed by atoms with Crippen molar-refractivity contribution in [1.82, 2.24) is 19.4 Å². The largest absolute Gasteiger partial charge is 0.335 e. The number of carbonyl (C=O) groups excluding carboxylic acids is 1. The molecule has 122 valence electrons. The summed E-state index contributed by atoms with van der Waals surface area (Å²) in [5.74, 6) is -0.152. The molecule has 1 aliphatic rings. The van der Waals surface area contributed by atoms with Crippen LogP contribution in [0.3, 0.4) is 0 Å². The number of H-pyrrole nitrogens is 1. The number of aromatic nitrogens is 2. The Morgan fingerprint density at radius 1 is 1.27 bits per heavy atom. The van der Waals surface area contributed by atoms with Crippen LogP contribution in [0.1, 0.15) is 30.3 Å². The van der Waals surface area contributed by atoms with E-state index < -0.39 is 10.0 Å². The summed E-state index contributed by atoms with van der Waals surface area (Å²) in [6.07, 6.45) is 1.47. The van der Waals surface area contributed by atoms with Crippen LogP contribution in [0, 0.1) is 0 Å². The zero-order chi connectivity index (χ0) is 16.2. The highest BCUT2D eigenvalue weighted by molar-refractivity contribution is 7.89. The molecule has 1 aromatic rings. The normalized spacial score (nSPS) is 16.7. The number of sulfonamides is 1. The van der Waals surface area contributed by atoms with Crippen molar-refractivity contribution in [2.24, 2.45) is 0 Å². The highest BCUT2D eigenvalue weighted by Crippen LogP contribution is 2.11. The third-order valence-electron chi connectivity index (χ3n) is 3.57. The predicted octanol–water partition coefficient (Wildman–Crippen LogP) is -0.342. The molecule has 1 saturated heterocycles. The van der Waals surface area contributed by atoms with Gasteiger partial charge >= 0.3 is 0 Å². The Morgan fingerprint density at radius 3 is 2.50 bits per heavy atom. The van der Waals surface area contributed by atoms with Gasteiger partial charge in [-0.05, 0) is 12.5 Å². The predicted molar refractivity (Wildman–Crippen MR) is 81.0 cm³/mol. The van der Waals surface area contributed by atoms with Crippen LogP contribution in [0.15, 0.2) is 16.9 Å². The van der Waals surface area contributed by atoms with Gasteiger partial charge in [-0.2, -0.15) is 9.40 Å². The molecule has 1 fully saturated rings. The number of piperazine rings is 1. The maximum atomic E-state index is 12.2. The number of hydrogen-bond acceptors (Lipinski definition) is 5. The fourth-order valence-electron chi connectivity index (χ4n) is 2.25. The number of rotatable bonds is 5. The average Bonchev–Trinajstić information content (AvgIpc) is 2.53. The second kappa shape index (κ2) is 7.01. The fraction of sp³-hybridized carbons (Fsp3) is 0.615. The van der Waals surface area contributed by atoms with E-state index in [0.29, 0.717) is 32.6 Å². The summed E-state index contributed by atoms with van der Waals surface area (Å²) in [5.41, 5.74) is -0.217. The molecule has 22 heavy (non-hydrogen) atoms. The lowest BCUT2D eigenvalue weighted by molar-refractivity contribution is 0.0690. The molecule has 0 saturated carbocycles. The first kappa shape index (κ1) is 16.6. The minimum atomic E-state index is -3.23. The highest BCUT2D eigenvalue weighted by atomic mass is 32.2. The van der Waals surface area contributed by atoms with Gasteiger partial charge in [0, 0.05) is 32.2 Å². The molecule has 0 aromatic carbocycles. The van der Waals surface area contributed by atoms with Crippen LogP contribution in [0.25, 0.3) is 0 Å². The SMILES string of the molecule is CCCCS(=O)(=O)N1CCN(C(=O)c2ccc(=O)[nH]n2)CC1. The Hall–Kier alpha value is -1.74. The minimum Gasteiger partial charge on any atom is -0.335 e. The van der Waals surface area contributed by atoms with Crippen molar-refractivity contribution in [2.75, 3.05) is 31.9 Å². The van der Waals surface area contributed by atoms with Crippen LogP contribution >= 0.6 is 0 Å². The molecule has 0 unspecified atom stereocenters. The second-order valence-corrected chi connectivity index (χ2v) is 7.26. The summed E-state index contributed by atoms with van der Waals surface area (Å²) in [6, 6.07) is 2.61. The van der Waals surface area contributed by atoms with Crippen LogP contribution < -0.4 is 5.56 Å². The number of carbonyl (C=O) groups is 1. The number of amides is 1. The summed E-state index contributed by atoms with van der Waals surface area (Å²) < 4.78 is 25.6. The Morgan fingerprint density at radius 2 is 1.95 bits per heavy atom. The van der Waals surface area contributed by atoms with Crippen molar-refractivity contribution in [3.05, 3.63) is 28.2 Å². The van der Waals surface area contributed by atoms with Crippen molar-refractivity contribution in [3.63, 3.8) is 0 Å². The van der Waals surface area contributed by atoms with Crippen LogP contribution in [0.5, 0.6) is 0 Å². The lowest BCUT2D eigenvalue weighted by Crippen LogP contribution is -2.51. The Labute approximate surface area is 129 Å². The van der Waals surface area contributed by atoms with Gasteiger partial charge in [-0.15, -0.1) is 0 Å². The molecule has 0 spiro atoms. The number of nitrogens with zero attached hydrogens (tertiary/aromatic N) is 3. The molecule has 1 aliphatic heterocycles. The zero-order valence-corrected chi connectivity index (χ0v) is 13.3. The molecule has 2 rings (SSSR count). The van der Waals surface area contributed by atoms with Gasteiger partial charge in [0.1, 0.15) is 5.69 Å². The van der Waals surface area contributed by atoms with Crippen molar-refractivity contribution >= 4 is 15.9 Å². The number of nitrogens with one attached hydrogen (secondary N) is 1. The third-order valence-corrected chi connectivity index (χ3v) is 5.53. The minimum absolute atomic E-state index is 0.152. The zero-order valence-electron chi connectivity index (χ0n) is 12.5. The molecule has 1 amide bonds. The number of aromatic amines is 1. The van der Waals surface area contributed by atoms with Crippen LogP contribution in [-0.4, -0.2) is 65.7 Å². The molecular weight excluding hydrogens is 308 g/mol. The van der Waals surface area contributed by atoms with Gasteiger partial charge in [-0.3, -0.25) is 9.59 Å². The van der Waals surface area contributed by atoms with Gasteiger partial charge in [-0.25, -0.2) is 13.5 Å². The van der Waals surface area contributed by atoms with Gasteiger partial charge in [0.15, 0.2) is 0 Å². The first-order chi connectivity index (χ1) is 10.4. The van der Waals surface area contributed by atoms with Gasteiger partial charge in [0.05, 0.1) is 5.75 Å². The van der Waals surface area contributed by atoms with E-state index in [-0.39, 0.29) is 22.9 Å². The molecule has 1 N–H and O–H groups in total. The summed E-state index contributed by atoms with van der Waals surface area (Å²) in [6.45, 7) is 3.18. The molecule has 2 heterocycles. The lowest BCUT2D eigenvalue weighted by atomic mass is 10.3. The quantitative estimate of drug-likeness (QED) is 0.796. The van der Waals surface area contributed by atoms with Gasteiger partial charge in [0.2, 0.25) is 10.0 Å². The van der Waals surface area contributed by atoms with Crippen molar-refractivity contribution in [3.8, 4) is 0 Å². The maximum Gasteiger partial charge on any atom is 0.274 e. The van der Waals surface area contributed by atoms with E-state index in [1.807, 2.05) is 6.92 Å². The average molecular weight is 328 g/mol. The Bertz CT molecular complexity index is 657. The van der Waals surface area contributed by atoms with E-state index in [9.17, 15) is 18.0 Å². The molecule has 0 aliphatic carbocycles. The Balaban J connectivity index is 1.95. The van der Waals surface area contributed by atoms with Crippen LogP contribution in [-0.2, 0) is 10.0 Å². The smallest absolute Gasteiger partial charge is 0.274 e. The van der Waals surface area contributed by atoms with E-state index in [2.05, 4.69) is 10.2 Å². The molecule has 0 bridgehead atoms. The summed E-state index contributed by atoms with van der Waals surface area (Å²) in [5, 5.41) is 5.92. The lowest BCUT2D eigenvalue weighted by Gasteiger charge is -2.33. The van der Waals surface area contributed by atoms with E-state index >= 15 is 0 Å². The van der Waals surface area contributed by atoms with Gasteiger partial charge in [-0.1, -0.05) is 13.3 Å². The molecule has 1 aromatic heterocycles. The second-order valence-electron chi connectivity index (χ2n) is 5.17. The first-order valence-corrected chi connectivity index (χ1v) is 8.88. The summed E-state index contributed by atoms with van der Waals surface area (Å²) >= 11 is 0. The number of hydrogen-bond donors (Lipinski definition) is 1. The van der Waals surface area contributed by atoms with Crippen molar-refractivity contribution in [1.29, 1.82) is 0 Å². The van der Waals surface area contributed by atoms with Crippen LogP contribution in [0.2, 0.25) is 0 Å². The Kier molecular flexibility index (Phi) is 5.30. The molecular formula is C13H20N4O4S. The fourth-order valence-corrected chi connectivity index (χ4v) is 3.88. The molecule has 9 heteroatoms. The van der Waals surface area contributed by atoms with Crippen molar-refractivity contribution in [2.45, 2.75) is 19.8 Å². The van der Waals surface area contributed by atoms with E-state index in [4.69, 9.17) is 0 Å². The maximum absolute atomic E-state index is 12.2. The topological polar surface area (TPSA) is 103 Å². The monoisotopic (exact) mass is 328 g/mol. The number of unbranched alkanes of at least 4 members (excludes halogenated alkanes) is 1. The standard InChI is InChI=1S/C13H20N4O4S/c1-2-3-10-22(20,21)17-8-6-16(7-9-17)13(19)11-4-5-12(18)15-14-11/h4-5H,2-3,6-10H2,1H3,(H,15,18). The van der Waals surface area contributed by atoms with E-state index in [1.165, 1.54) is 16.4 Å². The first-order valence-electron chi connectivity index (χ1n) is 7.27. The van der Waals surface area contributed by atoms with Crippen molar-refractivity contribution < 1.29 is 13.2 Å². The third kappa shape index (κ3) is 3.92. The van der Waals surface area contributed by atoms with Gasteiger partial charge in [0.25, 0.3) is 11.5 Å². The van der Waals surface area contributed by atoms with Crippen LogP contribution in [0.4, 0.5) is 0 Å². The molecule has 0 radical (unpaired) electrons. The highest BCUT2D eigenvalue weighted by Gasteiger charge is 2.29. The summed E-state index contributed by atoms with van der Waals surface area (Å²) in [4.78, 5) is 24.7. The van der Waals surface area contributed by atoms with E-state index in [0.717, 1.165) is 6.42 Å².